The van der Waals surface area contributed by atoms with Gasteiger partial charge in [0.1, 0.15) is 11.8 Å². The molecule has 0 saturated carbocycles. The summed E-state index contributed by atoms with van der Waals surface area (Å²) in [7, 11) is 0. The van der Waals surface area contributed by atoms with Crippen LogP contribution in [0.1, 0.15) is 31.0 Å². The van der Waals surface area contributed by atoms with Crippen molar-refractivity contribution in [3.63, 3.8) is 0 Å². The molecule has 3 rings (SSSR count). The topological polar surface area (TPSA) is 78.5 Å². The lowest BCUT2D eigenvalue weighted by atomic mass is 10.0. The van der Waals surface area contributed by atoms with Gasteiger partial charge in [0.15, 0.2) is 0 Å². The number of nitriles is 1. The molecule has 5 nitrogen and oxygen atoms in total. The van der Waals surface area contributed by atoms with Crippen molar-refractivity contribution < 1.29 is 4.52 Å². The molecule has 2 heterocycles. The van der Waals surface area contributed by atoms with E-state index in [2.05, 4.69) is 41.1 Å². The summed E-state index contributed by atoms with van der Waals surface area (Å²) in [6.07, 6.45) is 1.68. The molecular weight excluding hydrogens is 264 g/mol. The van der Waals surface area contributed by atoms with Crippen LogP contribution in [0, 0.1) is 11.3 Å². The van der Waals surface area contributed by atoms with Gasteiger partial charge >= 0.3 is 0 Å². The summed E-state index contributed by atoms with van der Waals surface area (Å²) < 4.78 is 5.25. The third-order valence-corrected chi connectivity index (χ3v) is 3.31. The van der Waals surface area contributed by atoms with E-state index in [9.17, 15) is 0 Å². The highest BCUT2D eigenvalue weighted by Gasteiger charge is 2.12. The van der Waals surface area contributed by atoms with E-state index in [1.165, 1.54) is 5.56 Å². The quantitative estimate of drug-likeness (QED) is 0.791. The maximum atomic E-state index is 8.80. The van der Waals surface area contributed by atoms with Gasteiger partial charge in [-0.2, -0.15) is 10.2 Å². The Morgan fingerprint density at radius 3 is 2.57 bits per heavy atom. The minimum absolute atomic E-state index is 0.399. The van der Waals surface area contributed by atoms with Crippen LogP contribution in [-0.2, 0) is 0 Å². The predicted molar refractivity (Wildman–Crippen MR) is 78.3 cm³/mol. The number of aromatic amines is 1. The normalized spacial score (nSPS) is 10.8. The lowest BCUT2D eigenvalue weighted by molar-refractivity contribution is 0.432. The Kier molecular flexibility index (Phi) is 3.28. The van der Waals surface area contributed by atoms with Crippen molar-refractivity contribution in [1.29, 1.82) is 5.26 Å². The van der Waals surface area contributed by atoms with Gasteiger partial charge in [-0.3, -0.25) is 0 Å². The summed E-state index contributed by atoms with van der Waals surface area (Å²) in [5.74, 6) is 1.43. The van der Waals surface area contributed by atoms with Crippen LogP contribution in [0.15, 0.2) is 41.1 Å². The van der Waals surface area contributed by atoms with E-state index in [-0.39, 0.29) is 0 Å². The van der Waals surface area contributed by atoms with Crippen LogP contribution >= 0.6 is 0 Å². The molecule has 0 saturated heterocycles. The first-order chi connectivity index (χ1) is 10.2. The minimum Gasteiger partial charge on any atom is -0.352 e. The maximum absolute atomic E-state index is 8.80. The van der Waals surface area contributed by atoms with Crippen molar-refractivity contribution in [3.8, 4) is 28.9 Å². The first-order valence-corrected chi connectivity index (χ1v) is 6.70. The second-order valence-electron chi connectivity index (χ2n) is 5.11. The van der Waals surface area contributed by atoms with Crippen molar-refractivity contribution in [3.05, 3.63) is 47.8 Å². The van der Waals surface area contributed by atoms with E-state index in [0.717, 1.165) is 5.56 Å². The van der Waals surface area contributed by atoms with Crippen LogP contribution < -0.4 is 0 Å². The molecule has 0 amide bonds. The van der Waals surface area contributed by atoms with Crippen LogP contribution in [0.3, 0.4) is 0 Å². The van der Waals surface area contributed by atoms with Crippen LogP contribution in [0.2, 0.25) is 0 Å². The fourth-order valence-corrected chi connectivity index (χ4v) is 2.06. The molecule has 1 N–H and O–H groups in total. The fourth-order valence-electron chi connectivity index (χ4n) is 2.06. The molecule has 3 aromatic rings. The van der Waals surface area contributed by atoms with Crippen LogP contribution in [0.4, 0.5) is 0 Å². The van der Waals surface area contributed by atoms with Gasteiger partial charge in [0.25, 0.3) is 5.89 Å². The molecule has 0 unspecified atom stereocenters. The molecule has 21 heavy (non-hydrogen) atoms. The number of nitrogens with one attached hydrogen (secondary N) is 1. The monoisotopic (exact) mass is 278 g/mol. The average Bonchev–Trinajstić information content (AvgIpc) is 3.16. The number of nitrogens with zero attached hydrogens (tertiary/aromatic N) is 3. The van der Waals surface area contributed by atoms with Crippen molar-refractivity contribution in [2.45, 2.75) is 19.8 Å². The second-order valence-corrected chi connectivity index (χ2v) is 5.11. The lowest BCUT2D eigenvalue weighted by Crippen LogP contribution is -1.87. The highest BCUT2D eigenvalue weighted by molar-refractivity contribution is 5.60. The van der Waals surface area contributed by atoms with E-state index >= 15 is 0 Å². The molecule has 0 bridgehead atoms. The fraction of sp³-hybridized carbons (Fsp3) is 0.188. The number of hydrogen-bond donors (Lipinski definition) is 1. The van der Waals surface area contributed by atoms with E-state index in [1.807, 2.05) is 18.2 Å². The number of benzene rings is 1. The molecule has 1 aromatic carbocycles. The van der Waals surface area contributed by atoms with E-state index < -0.39 is 0 Å². The summed E-state index contributed by atoms with van der Waals surface area (Å²) in [6, 6.07) is 11.8. The Labute approximate surface area is 122 Å². The smallest absolute Gasteiger partial charge is 0.259 e. The van der Waals surface area contributed by atoms with Gasteiger partial charge < -0.3 is 9.51 Å². The molecule has 0 aliphatic heterocycles. The summed E-state index contributed by atoms with van der Waals surface area (Å²) in [5, 5.41) is 12.8. The first kappa shape index (κ1) is 13.1. The van der Waals surface area contributed by atoms with E-state index in [4.69, 9.17) is 9.78 Å². The highest BCUT2D eigenvalue weighted by Crippen LogP contribution is 2.24. The molecule has 0 aliphatic carbocycles. The number of rotatable bonds is 3. The van der Waals surface area contributed by atoms with Gasteiger partial charge in [-0.15, -0.1) is 0 Å². The van der Waals surface area contributed by atoms with Gasteiger partial charge in [0, 0.05) is 11.8 Å². The van der Waals surface area contributed by atoms with E-state index in [0.29, 0.717) is 28.9 Å². The molecule has 0 atom stereocenters. The highest BCUT2D eigenvalue weighted by atomic mass is 16.5. The number of hydrogen-bond acceptors (Lipinski definition) is 4. The van der Waals surface area contributed by atoms with Crippen molar-refractivity contribution >= 4 is 0 Å². The summed E-state index contributed by atoms with van der Waals surface area (Å²) in [6.45, 7) is 4.31. The zero-order chi connectivity index (χ0) is 14.8. The lowest BCUT2D eigenvalue weighted by Gasteiger charge is -2.04. The van der Waals surface area contributed by atoms with Crippen LogP contribution in [0.25, 0.3) is 22.8 Å². The minimum atomic E-state index is 0.399. The van der Waals surface area contributed by atoms with Crippen molar-refractivity contribution in [1.82, 2.24) is 15.1 Å². The zero-order valence-electron chi connectivity index (χ0n) is 11.8. The summed E-state index contributed by atoms with van der Waals surface area (Å²) in [4.78, 5) is 7.20. The standard InChI is InChI=1S/C16H14N4O/c1-10(2)11-3-5-12(6-4-11)15-19-16(21-20-15)13-7-14(8-17)18-9-13/h3-7,9-10,18H,1-2H3. The van der Waals surface area contributed by atoms with Crippen LogP contribution in [-0.4, -0.2) is 15.1 Å². The average molecular weight is 278 g/mol. The molecule has 2 aromatic heterocycles. The maximum Gasteiger partial charge on any atom is 0.259 e. The Morgan fingerprint density at radius 2 is 1.95 bits per heavy atom. The first-order valence-electron chi connectivity index (χ1n) is 6.70. The Morgan fingerprint density at radius 1 is 1.19 bits per heavy atom. The molecular formula is C16H14N4O. The molecule has 104 valence electrons. The second kappa shape index (κ2) is 5.25. The summed E-state index contributed by atoms with van der Waals surface area (Å²) >= 11 is 0. The molecule has 0 radical (unpaired) electrons. The number of H-pyrrole nitrogens is 1. The van der Waals surface area contributed by atoms with Gasteiger partial charge in [-0.1, -0.05) is 43.3 Å². The third-order valence-electron chi connectivity index (χ3n) is 3.31. The van der Waals surface area contributed by atoms with Crippen molar-refractivity contribution in [2.24, 2.45) is 0 Å². The molecule has 0 fully saturated rings. The molecule has 5 heteroatoms. The van der Waals surface area contributed by atoms with Crippen LogP contribution in [0.5, 0.6) is 0 Å². The largest absolute Gasteiger partial charge is 0.352 e. The Hall–Kier alpha value is -2.87. The van der Waals surface area contributed by atoms with Crippen molar-refractivity contribution in [2.75, 3.05) is 0 Å². The van der Waals surface area contributed by atoms with Gasteiger partial charge in [-0.25, -0.2) is 0 Å². The zero-order valence-corrected chi connectivity index (χ0v) is 11.8. The van der Waals surface area contributed by atoms with Gasteiger partial charge in [-0.05, 0) is 17.5 Å². The summed E-state index contributed by atoms with van der Waals surface area (Å²) in [5.41, 5.74) is 3.35. The van der Waals surface area contributed by atoms with E-state index in [1.54, 1.807) is 12.3 Å². The molecule has 0 spiro atoms. The third kappa shape index (κ3) is 2.56. The Bertz CT molecular complexity index is 790. The van der Waals surface area contributed by atoms with Gasteiger partial charge in [0.05, 0.1) is 5.56 Å². The van der Waals surface area contributed by atoms with Gasteiger partial charge in [0.2, 0.25) is 5.82 Å². The Balaban J connectivity index is 1.89. The predicted octanol–water partition coefficient (Wildman–Crippen LogP) is 3.73. The SMILES string of the molecule is CC(C)c1ccc(-c2noc(-c3c[nH]c(C#N)c3)n2)cc1. The molecule has 0 aliphatic rings. The number of aromatic nitrogens is 3.